The highest BCUT2D eigenvalue weighted by Gasteiger charge is 2.36. The highest BCUT2D eigenvalue weighted by Crippen LogP contribution is 2.27. The van der Waals surface area contributed by atoms with E-state index in [0.717, 1.165) is 12.8 Å². The number of ether oxygens (including phenoxy) is 1. The maximum atomic E-state index is 12.8. The van der Waals surface area contributed by atoms with Crippen LogP contribution in [0, 0.1) is 6.92 Å². The second-order valence-electron chi connectivity index (χ2n) is 7.64. The summed E-state index contributed by atoms with van der Waals surface area (Å²) in [6.45, 7) is 5.25. The molecule has 1 fully saturated rings. The van der Waals surface area contributed by atoms with Crippen molar-refractivity contribution in [3.8, 4) is 5.75 Å². The van der Waals surface area contributed by atoms with Gasteiger partial charge in [0.2, 0.25) is 0 Å². The van der Waals surface area contributed by atoms with Crippen LogP contribution in [0.15, 0.2) is 12.1 Å². The molecule has 1 amide bonds. The number of rotatable bonds is 8. The van der Waals surface area contributed by atoms with Crippen LogP contribution in [0.3, 0.4) is 0 Å². The van der Waals surface area contributed by atoms with Crippen molar-refractivity contribution in [2.75, 3.05) is 0 Å². The molecule has 0 aromatic heterocycles. The van der Waals surface area contributed by atoms with Crippen molar-refractivity contribution in [2.24, 2.45) is 0 Å². The van der Waals surface area contributed by atoms with E-state index in [2.05, 4.69) is 10.1 Å². The Morgan fingerprint density at radius 1 is 1.31 bits per heavy atom. The molecule has 0 heterocycles. The van der Waals surface area contributed by atoms with Gasteiger partial charge in [0, 0.05) is 6.04 Å². The van der Waals surface area contributed by atoms with E-state index in [4.69, 9.17) is 4.65 Å². The lowest BCUT2D eigenvalue weighted by Crippen LogP contribution is -2.49. The first-order valence-electron chi connectivity index (χ1n) is 8.54. The summed E-state index contributed by atoms with van der Waals surface area (Å²) < 4.78 is 35.8. The van der Waals surface area contributed by atoms with Crippen molar-refractivity contribution in [1.82, 2.24) is 5.32 Å². The van der Waals surface area contributed by atoms with E-state index in [1.54, 1.807) is 40.7 Å². The quantitative estimate of drug-likeness (QED) is 0.691. The van der Waals surface area contributed by atoms with Gasteiger partial charge in [-0.15, -0.1) is 0 Å². The second-order valence-corrected chi connectivity index (χ2v) is 7.64. The maximum absolute atomic E-state index is 12.8. The minimum Gasteiger partial charge on any atom is -0.434 e. The third-order valence-electron chi connectivity index (χ3n) is 4.64. The SMILES string of the molecule is Cc1cc([B]OC(C)(C)C(C)(C)O)cc(OC(F)F)c1C(=O)NC1CC1. The predicted molar refractivity (Wildman–Crippen MR) is 95.1 cm³/mol. The molecule has 8 heteroatoms. The monoisotopic (exact) mass is 368 g/mol. The van der Waals surface area contributed by atoms with Crippen LogP contribution in [-0.4, -0.2) is 42.4 Å². The average Bonchev–Trinajstić information content (AvgIpc) is 3.26. The predicted octanol–water partition coefficient (Wildman–Crippen LogP) is 2.30. The molecule has 1 aromatic carbocycles. The molecule has 0 aliphatic heterocycles. The molecule has 1 aromatic rings. The van der Waals surface area contributed by atoms with E-state index in [-0.39, 0.29) is 17.4 Å². The fourth-order valence-corrected chi connectivity index (χ4v) is 2.17. The number of carbonyl (C=O) groups excluding carboxylic acids is 1. The van der Waals surface area contributed by atoms with Crippen LogP contribution in [0.4, 0.5) is 8.78 Å². The number of hydrogen-bond acceptors (Lipinski definition) is 4. The maximum Gasteiger partial charge on any atom is 0.387 e. The molecule has 0 spiro atoms. The molecule has 5 nitrogen and oxygen atoms in total. The Morgan fingerprint density at radius 2 is 1.92 bits per heavy atom. The highest BCUT2D eigenvalue weighted by atomic mass is 19.3. The number of amides is 1. The molecule has 0 bridgehead atoms. The van der Waals surface area contributed by atoms with Gasteiger partial charge in [-0.25, -0.2) is 0 Å². The van der Waals surface area contributed by atoms with E-state index < -0.39 is 23.7 Å². The number of aliphatic hydroxyl groups is 1. The number of benzene rings is 1. The third-order valence-corrected chi connectivity index (χ3v) is 4.64. The van der Waals surface area contributed by atoms with E-state index in [1.807, 2.05) is 0 Å². The van der Waals surface area contributed by atoms with Gasteiger partial charge in [-0.1, -0.05) is 6.07 Å². The first-order chi connectivity index (χ1) is 11.9. The zero-order valence-corrected chi connectivity index (χ0v) is 15.7. The van der Waals surface area contributed by atoms with Crippen molar-refractivity contribution in [2.45, 2.75) is 71.3 Å². The van der Waals surface area contributed by atoms with Crippen LogP contribution >= 0.6 is 0 Å². The molecule has 1 radical (unpaired) electrons. The Hall–Kier alpha value is -1.67. The van der Waals surface area contributed by atoms with Crippen LogP contribution in [0.25, 0.3) is 0 Å². The summed E-state index contributed by atoms with van der Waals surface area (Å²) in [7, 11) is 1.37. The topological polar surface area (TPSA) is 67.8 Å². The van der Waals surface area contributed by atoms with Gasteiger partial charge in [-0.3, -0.25) is 4.79 Å². The Bertz CT molecular complexity index is 670. The number of nitrogens with one attached hydrogen (secondary N) is 1. The Labute approximate surface area is 153 Å². The normalized spacial score (nSPS) is 15.1. The largest absolute Gasteiger partial charge is 0.434 e. The van der Waals surface area contributed by atoms with Gasteiger partial charge in [0.15, 0.2) is 0 Å². The van der Waals surface area contributed by atoms with Crippen LogP contribution in [0.5, 0.6) is 5.75 Å². The minimum atomic E-state index is -3.05. The number of carbonyl (C=O) groups is 1. The summed E-state index contributed by atoms with van der Waals surface area (Å²) in [6, 6.07) is 3.09. The molecule has 2 rings (SSSR count). The molecular formula is C18H25BF2NO4. The zero-order valence-electron chi connectivity index (χ0n) is 15.7. The first-order valence-corrected chi connectivity index (χ1v) is 8.54. The molecule has 1 saturated carbocycles. The zero-order chi connectivity index (χ0) is 19.7. The second kappa shape index (κ2) is 7.52. The van der Waals surface area contributed by atoms with Gasteiger partial charge in [0.1, 0.15) is 5.75 Å². The summed E-state index contributed by atoms with van der Waals surface area (Å²) in [6.07, 6.45) is 1.78. The van der Waals surface area contributed by atoms with Crippen molar-refractivity contribution >= 4 is 18.9 Å². The Balaban J connectivity index is 2.25. The summed E-state index contributed by atoms with van der Waals surface area (Å²) in [5.74, 6) is -0.626. The molecular weight excluding hydrogens is 343 g/mol. The van der Waals surface area contributed by atoms with Crippen molar-refractivity contribution in [3.05, 3.63) is 23.3 Å². The summed E-state index contributed by atoms with van der Waals surface area (Å²) in [5, 5.41) is 12.9. The van der Waals surface area contributed by atoms with Gasteiger partial charge < -0.3 is 19.8 Å². The Kier molecular flexibility index (Phi) is 5.97. The van der Waals surface area contributed by atoms with E-state index in [9.17, 15) is 18.7 Å². The van der Waals surface area contributed by atoms with Gasteiger partial charge in [0.05, 0.1) is 16.8 Å². The lowest BCUT2D eigenvalue weighted by molar-refractivity contribution is -0.0893. The molecule has 1 aliphatic rings. The summed E-state index contributed by atoms with van der Waals surface area (Å²) >= 11 is 0. The number of alkyl halides is 2. The standard InChI is InChI=1S/C18H25BF2NO4/c1-10-8-11(19-26-18(4,5)17(2,3)24)9-13(25-16(20)21)14(10)15(23)22-12-6-7-12/h8-9,12,16,24H,6-7H2,1-5H3,(H,22,23). The minimum absolute atomic E-state index is 0.0936. The lowest BCUT2D eigenvalue weighted by atomic mass is 9.81. The van der Waals surface area contributed by atoms with Crippen LogP contribution in [0.1, 0.15) is 56.5 Å². The van der Waals surface area contributed by atoms with Gasteiger partial charge in [-0.2, -0.15) is 8.78 Å². The molecule has 0 atom stereocenters. The van der Waals surface area contributed by atoms with Crippen LogP contribution in [0.2, 0.25) is 0 Å². The van der Waals surface area contributed by atoms with Gasteiger partial charge in [-0.05, 0) is 64.6 Å². The van der Waals surface area contributed by atoms with Crippen LogP contribution < -0.4 is 15.5 Å². The number of halogens is 2. The lowest BCUT2D eigenvalue weighted by Gasteiger charge is -2.37. The molecule has 143 valence electrons. The van der Waals surface area contributed by atoms with Crippen molar-refractivity contribution in [1.29, 1.82) is 0 Å². The fraction of sp³-hybridized carbons (Fsp3) is 0.611. The highest BCUT2D eigenvalue weighted by molar-refractivity contribution is 6.47. The van der Waals surface area contributed by atoms with Gasteiger partial charge >= 0.3 is 14.1 Å². The Morgan fingerprint density at radius 3 is 2.42 bits per heavy atom. The van der Waals surface area contributed by atoms with Crippen molar-refractivity contribution in [3.63, 3.8) is 0 Å². The first kappa shape index (κ1) is 20.6. The average molecular weight is 368 g/mol. The van der Waals surface area contributed by atoms with Crippen molar-refractivity contribution < 1.29 is 28.1 Å². The van der Waals surface area contributed by atoms with E-state index in [0.29, 0.717) is 11.0 Å². The molecule has 0 unspecified atom stereocenters. The van der Waals surface area contributed by atoms with Crippen LogP contribution in [-0.2, 0) is 4.65 Å². The molecule has 1 aliphatic carbocycles. The summed E-state index contributed by atoms with van der Waals surface area (Å²) in [5.41, 5.74) is -0.982. The number of aryl methyl sites for hydroxylation is 1. The smallest absolute Gasteiger partial charge is 0.387 e. The molecule has 2 N–H and O–H groups in total. The fourth-order valence-electron chi connectivity index (χ4n) is 2.17. The molecule has 0 saturated heterocycles. The summed E-state index contributed by atoms with van der Waals surface area (Å²) in [4.78, 5) is 12.4. The molecule has 26 heavy (non-hydrogen) atoms. The van der Waals surface area contributed by atoms with Gasteiger partial charge in [0.25, 0.3) is 5.91 Å². The third kappa shape index (κ3) is 5.17. The van der Waals surface area contributed by atoms with E-state index in [1.165, 1.54) is 13.5 Å². The van der Waals surface area contributed by atoms with E-state index >= 15 is 0 Å². The number of hydrogen-bond donors (Lipinski definition) is 2.